The first kappa shape index (κ1) is 18.8. The standard InChI is InChI=1S/C18H27ClO3S/c1-2-3-4-7-14-13(15(19)11-16(14)20)8-5-6-12-9-10-17(23-12)18(21)22/h9-10,13-16,20H,2-8,11H2,1H3,(H,21,22)/t13-,14?,15?,16-/m1/s1. The molecule has 0 bridgehead atoms. The van der Waals surface area contributed by atoms with Gasteiger partial charge in [0.1, 0.15) is 4.88 Å². The molecule has 0 saturated heterocycles. The van der Waals surface area contributed by atoms with Crippen molar-refractivity contribution in [2.75, 3.05) is 0 Å². The molecule has 1 aliphatic carbocycles. The van der Waals surface area contributed by atoms with E-state index in [-0.39, 0.29) is 11.5 Å². The molecule has 5 heteroatoms. The van der Waals surface area contributed by atoms with E-state index in [1.165, 1.54) is 30.6 Å². The number of aromatic carboxylic acids is 1. The highest BCUT2D eigenvalue weighted by Crippen LogP contribution is 2.41. The van der Waals surface area contributed by atoms with E-state index in [9.17, 15) is 9.90 Å². The Hall–Kier alpha value is -0.580. The number of thiophene rings is 1. The van der Waals surface area contributed by atoms with E-state index in [0.29, 0.717) is 23.1 Å². The molecule has 23 heavy (non-hydrogen) atoms. The van der Waals surface area contributed by atoms with Crippen molar-refractivity contribution in [2.45, 2.75) is 69.8 Å². The van der Waals surface area contributed by atoms with Gasteiger partial charge in [0.05, 0.1) is 6.10 Å². The fourth-order valence-electron chi connectivity index (χ4n) is 3.70. The SMILES string of the molecule is CCCCCC1[C@@H](CCCc2ccc(C(=O)O)s2)C(Cl)C[C@H]1O. The Morgan fingerprint density at radius 3 is 2.65 bits per heavy atom. The minimum atomic E-state index is -0.850. The summed E-state index contributed by atoms with van der Waals surface area (Å²) in [6.45, 7) is 2.19. The summed E-state index contributed by atoms with van der Waals surface area (Å²) in [4.78, 5) is 12.4. The first-order valence-corrected chi connectivity index (χ1v) is 9.92. The summed E-state index contributed by atoms with van der Waals surface area (Å²) in [6.07, 6.45) is 8.04. The van der Waals surface area contributed by atoms with Crippen LogP contribution < -0.4 is 0 Å². The molecule has 2 N–H and O–H groups in total. The summed E-state index contributed by atoms with van der Waals surface area (Å²) in [7, 11) is 0. The Morgan fingerprint density at radius 2 is 2.00 bits per heavy atom. The van der Waals surface area contributed by atoms with Crippen molar-refractivity contribution in [3.8, 4) is 0 Å². The summed E-state index contributed by atoms with van der Waals surface area (Å²) in [5.41, 5.74) is 0. The lowest BCUT2D eigenvalue weighted by atomic mass is 9.86. The molecular weight excluding hydrogens is 332 g/mol. The zero-order valence-electron chi connectivity index (χ0n) is 13.7. The van der Waals surface area contributed by atoms with Gasteiger partial charge >= 0.3 is 5.97 Å². The number of alkyl halides is 1. The van der Waals surface area contributed by atoms with Gasteiger partial charge in [0.2, 0.25) is 0 Å². The fourth-order valence-corrected chi connectivity index (χ4v) is 5.09. The molecule has 2 rings (SSSR count). The Bertz CT molecular complexity index is 502. The summed E-state index contributed by atoms with van der Waals surface area (Å²) in [5, 5.41) is 19.3. The van der Waals surface area contributed by atoms with Gasteiger partial charge < -0.3 is 10.2 Å². The molecule has 0 aromatic carbocycles. The summed E-state index contributed by atoms with van der Waals surface area (Å²) >= 11 is 7.83. The Labute approximate surface area is 147 Å². The minimum absolute atomic E-state index is 0.0783. The molecule has 0 amide bonds. The number of aryl methyl sites for hydroxylation is 1. The van der Waals surface area contributed by atoms with Crippen LogP contribution in [0.1, 0.15) is 66.4 Å². The van der Waals surface area contributed by atoms with Crippen LogP contribution in [0.25, 0.3) is 0 Å². The van der Waals surface area contributed by atoms with Crippen molar-refractivity contribution in [2.24, 2.45) is 11.8 Å². The molecule has 2 unspecified atom stereocenters. The van der Waals surface area contributed by atoms with Crippen LogP contribution in [0.15, 0.2) is 12.1 Å². The predicted octanol–water partition coefficient (Wildman–Crippen LogP) is 4.95. The minimum Gasteiger partial charge on any atom is -0.477 e. The van der Waals surface area contributed by atoms with Crippen LogP contribution in [-0.4, -0.2) is 27.7 Å². The number of carboxylic acids is 1. The van der Waals surface area contributed by atoms with Crippen LogP contribution in [0.5, 0.6) is 0 Å². The third-order valence-electron chi connectivity index (χ3n) is 4.95. The van der Waals surface area contributed by atoms with Crippen LogP contribution in [0.4, 0.5) is 0 Å². The summed E-state index contributed by atoms with van der Waals surface area (Å²) < 4.78 is 0. The van der Waals surface area contributed by atoms with E-state index >= 15 is 0 Å². The molecule has 1 aromatic heterocycles. The Kier molecular flexibility index (Phi) is 7.38. The lowest BCUT2D eigenvalue weighted by Gasteiger charge is -2.23. The van der Waals surface area contributed by atoms with Gasteiger partial charge in [-0.1, -0.05) is 26.2 Å². The number of carboxylic acid groups (broad SMARTS) is 1. The second-order valence-corrected chi connectivity index (χ2v) is 8.33. The first-order chi connectivity index (χ1) is 11.0. The van der Waals surface area contributed by atoms with Crippen molar-refractivity contribution < 1.29 is 15.0 Å². The van der Waals surface area contributed by atoms with E-state index in [4.69, 9.17) is 16.7 Å². The number of hydrogen-bond donors (Lipinski definition) is 2. The van der Waals surface area contributed by atoms with Crippen LogP contribution >= 0.6 is 22.9 Å². The van der Waals surface area contributed by atoms with Gasteiger partial charge in [-0.3, -0.25) is 0 Å². The number of unbranched alkanes of at least 4 members (excludes halogenated alkanes) is 2. The van der Waals surface area contributed by atoms with Crippen molar-refractivity contribution in [1.82, 2.24) is 0 Å². The largest absolute Gasteiger partial charge is 0.477 e. The molecule has 3 nitrogen and oxygen atoms in total. The third kappa shape index (κ3) is 5.20. The van der Waals surface area contributed by atoms with Crippen molar-refractivity contribution in [3.05, 3.63) is 21.9 Å². The molecule has 1 aromatic rings. The van der Waals surface area contributed by atoms with Gasteiger partial charge in [-0.05, 0) is 56.1 Å². The molecule has 0 aliphatic heterocycles. The third-order valence-corrected chi connectivity index (χ3v) is 6.58. The maximum atomic E-state index is 10.9. The quantitative estimate of drug-likeness (QED) is 0.484. The summed E-state index contributed by atoms with van der Waals surface area (Å²) in [5.74, 6) is -0.124. The number of halogens is 1. The molecule has 130 valence electrons. The second-order valence-electron chi connectivity index (χ2n) is 6.61. The Balaban J connectivity index is 1.82. The molecular formula is C18H27ClO3S. The maximum Gasteiger partial charge on any atom is 0.345 e. The van der Waals surface area contributed by atoms with Crippen molar-refractivity contribution in [1.29, 1.82) is 0 Å². The van der Waals surface area contributed by atoms with Crippen LogP contribution in [0, 0.1) is 11.8 Å². The van der Waals surface area contributed by atoms with Crippen LogP contribution in [0.3, 0.4) is 0 Å². The van der Waals surface area contributed by atoms with E-state index in [0.717, 1.165) is 30.6 Å². The average Bonchev–Trinajstić information content (AvgIpc) is 3.07. The van der Waals surface area contributed by atoms with Crippen molar-refractivity contribution in [3.63, 3.8) is 0 Å². The van der Waals surface area contributed by atoms with E-state index < -0.39 is 5.97 Å². The summed E-state index contributed by atoms with van der Waals surface area (Å²) in [6, 6.07) is 3.59. The van der Waals surface area contributed by atoms with E-state index in [1.54, 1.807) is 6.07 Å². The lowest BCUT2D eigenvalue weighted by Crippen LogP contribution is -2.21. The number of aliphatic hydroxyl groups is 1. The number of rotatable bonds is 9. The van der Waals surface area contributed by atoms with Gasteiger partial charge in [-0.15, -0.1) is 22.9 Å². The van der Waals surface area contributed by atoms with Crippen molar-refractivity contribution >= 4 is 28.9 Å². The van der Waals surface area contributed by atoms with Gasteiger partial charge in [-0.25, -0.2) is 4.79 Å². The number of aliphatic hydroxyl groups excluding tert-OH is 1. The molecule has 4 atom stereocenters. The molecule has 1 aliphatic rings. The van der Waals surface area contributed by atoms with E-state index in [2.05, 4.69) is 6.92 Å². The smallest absolute Gasteiger partial charge is 0.345 e. The maximum absolute atomic E-state index is 10.9. The Morgan fingerprint density at radius 1 is 1.26 bits per heavy atom. The second kappa shape index (κ2) is 9.05. The highest BCUT2D eigenvalue weighted by Gasteiger charge is 2.40. The fraction of sp³-hybridized carbons (Fsp3) is 0.722. The first-order valence-electron chi connectivity index (χ1n) is 8.67. The molecule has 0 radical (unpaired) electrons. The topological polar surface area (TPSA) is 57.5 Å². The number of carbonyl (C=O) groups is 1. The van der Waals surface area contributed by atoms with Gasteiger partial charge in [0, 0.05) is 10.3 Å². The van der Waals surface area contributed by atoms with Gasteiger partial charge in [-0.2, -0.15) is 0 Å². The van der Waals surface area contributed by atoms with E-state index in [1.807, 2.05) is 6.07 Å². The molecule has 1 saturated carbocycles. The highest BCUT2D eigenvalue weighted by molar-refractivity contribution is 7.13. The highest BCUT2D eigenvalue weighted by atomic mass is 35.5. The molecule has 0 spiro atoms. The normalized spacial score (nSPS) is 27.4. The monoisotopic (exact) mass is 358 g/mol. The zero-order chi connectivity index (χ0) is 16.8. The average molecular weight is 359 g/mol. The van der Waals surface area contributed by atoms with Crippen LogP contribution in [0.2, 0.25) is 0 Å². The molecule has 1 fully saturated rings. The molecule has 1 heterocycles. The van der Waals surface area contributed by atoms with Gasteiger partial charge in [0.25, 0.3) is 0 Å². The van der Waals surface area contributed by atoms with Crippen LogP contribution in [-0.2, 0) is 6.42 Å². The van der Waals surface area contributed by atoms with Gasteiger partial charge in [0.15, 0.2) is 0 Å². The predicted molar refractivity (Wildman–Crippen MR) is 95.6 cm³/mol. The zero-order valence-corrected chi connectivity index (χ0v) is 15.3. The number of hydrogen-bond acceptors (Lipinski definition) is 3. The lowest BCUT2D eigenvalue weighted by molar-refractivity contribution is 0.0702.